The molecule has 0 amide bonds. The van der Waals surface area contributed by atoms with Crippen LogP contribution in [0.15, 0.2) is 42.5 Å². The van der Waals surface area contributed by atoms with Crippen LogP contribution >= 0.6 is 37.2 Å². The van der Waals surface area contributed by atoms with Gasteiger partial charge in [-0.05, 0) is 67.1 Å². The molecule has 1 saturated heterocycles. The Morgan fingerprint density at radius 3 is 2.29 bits per heavy atom. The third-order valence-electron chi connectivity index (χ3n) is 6.45. The van der Waals surface area contributed by atoms with Crippen LogP contribution in [0.1, 0.15) is 41.9 Å². The predicted octanol–water partition coefficient (Wildman–Crippen LogP) is 5.31. The van der Waals surface area contributed by atoms with E-state index in [0.717, 1.165) is 50.6 Å². The van der Waals surface area contributed by atoms with Gasteiger partial charge in [0.25, 0.3) is 0 Å². The van der Waals surface area contributed by atoms with Gasteiger partial charge in [0, 0.05) is 31.6 Å². The van der Waals surface area contributed by atoms with E-state index in [1.165, 1.54) is 36.1 Å². The molecule has 2 atom stereocenters. The van der Waals surface area contributed by atoms with E-state index in [4.69, 9.17) is 6.42 Å². The van der Waals surface area contributed by atoms with E-state index in [1.807, 2.05) is 0 Å². The normalized spacial score (nSPS) is 19.4. The first-order chi connectivity index (χ1) is 15.1. The number of rotatable bonds is 9. The third-order valence-corrected chi connectivity index (χ3v) is 6.45. The molecule has 4 rings (SSSR count). The zero-order valence-corrected chi connectivity index (χ0v) is 21.6. The van der Waals surface area contributed by atoms with Gasteiger partial charge < -0.3 is 10.6 Å². The summed E-state index contributed by atoms with van der Waals surface area (Å²) in [6, 6.07) is 13.2. The summed E-state index contributed by atoms with van der Waals surface area (Å²) in [5, 5.41) is 6.95. The van der Waals surface area contributed by atoms with E-state index in [0.29, 0.717) is 12.6 Å². The zero-order chi connectivity index (χ0) is 21.6. The number of hydrogen-bond acceptors (Lipinski definition) is 3. The second-order valence-corrected chi connectivity index (χ2v) is 8.89. The Bertz CT molecular complexity index is 914. The highest BCUT2D eigenvalue weighted by atomic mass is 35.5. The highest BCUT2D eigenvalue weighted by Gasteiger charge is 2.38. The fraction of sp³-hybridized carbons (Fsp3) is 0.462. The number of benzene rings is 2. The molecule has 2 aliphatic rings. The Morgan fingerprint density at radius 2 is 1.65 bits per heavy atom. The molecule has 0 aromatic heterocycles. The van der Waals surface area contributed by atoms with Crippen molar-refractivity contribution in [1.29, 1.82) is 0 Å². The van der Waals surface area contributed by atoms with E-state index in [1.54, 1.807) is 6.07 Å². The van der Waals surface area contributed by atoms with E-state index in [-0.39, 0.29) is 43.1 Å². The summed E-state index contributed by atoms with van der Waals surface area (Å²) in [6.07, 6.45) is 9.00. The number of nitrogens with one attached hydrogen (secondary N) is 2. The first kappa shape index (κ1) is 30.6. The molecule has 34 heavy (non-hydrogen) atoms. The Hall–Kier alpha value is -1.39. The molecule has 2 aromatic rings. The van der Waals surface area contributed by atoms with Crippen molar-refractivity contribution in [2.24, 2.45) is 5.92 Å². The summed E-state index contributed by atoms with van der Waals surface area (Å²) >= 11 is 0. The fourth-order valence-electron chi connectivity index (χ4n) is 4.55. The van der Waals surface area contributed by atoms with E-state index < -0.39 is 11.6 Å². The topological polar surface area (TPSA) is 27.3 Å². The Kier molecular flexibility index (Phi) is 13.4. The van der Waals surface area contributed by atoms with Crippen molar-refractivity contribution in [3.63, 3.8) is 0 Å². The van der Waals surface area contributed by atoms with Gasteiger partial charge in [0.2, 0.25) is 0 Å². The molecule has 1 aliphatic carbocycles. The molecular weight excluding hydrogens is 499 g/mol. The van der Waals surface area contributed by atoms with Crippen LogP contribution < -0.4 is 10.6 Å². The third kappa shape index (κ3) is 8.68. The predicted molar refractivity (Wildman–Crippen MR) is 142 cm³/mol. The van der Waals surface area contributed by atoms with Crippen molar-refractivity contribution in [2.75, 3.05) is 26.2 Å². The maximum absolute atomic E-state index is 13.4. The lowest BCUT2D eigenvalue weighted by Gasteiger charge is -2.29. The lowest BCUT2D eigenvalue weighted by Crippen LogP contribution is -2.36. The van der Waals surface area contributed by atoms with Crippen LogP contribution in [-0.2, 0) is 13.1 Å². The van der Waals surface area contributed by atoms with Crippen LogP contribution in [0.4, 0.5) is 8.78 Å². The van der Waals surface area contributed by atoms with Crippen molar-refractivity contribution in [1.82, 2.24) is 15.5 Å². The van der Waals surface area contributed by atoms with Crippen LogP contribution in [0.2, 0.25) is 0 Å². The molecule has 2 fully saturated rings. The smallest absolute Gasteiger partial charge is 0.159 e. The second-order valence-electron chi connectivity index (χ2n) is 8.89. The quantitative estimate of drug-likeness (QED) is 0.429. The number of nitrogens with zero attached hydrogens (tertiary/aromatic N) is 1. The molecule has 0 spiro atoms. The number of piperidine rings is 1. The van der Waals surface area contributed by atoms with Gasteiger partial charge >= 0.3 is 0 Å². The molecule has 0 radical (unpaired) electrons. The second kappa shape index (κ2) is 14.9. The van der Waals surface area contributed by atoms with Gasteiger partial charge in [-0.25, -0.2) is 8.78 Å². The van der Waals surface area contributed by atoms with Crippen LogP contribution in [-0.4, -0.2) is 37.1 Å². The van der Waals surface area contributed by atoms with Crippen molar-refractivity contribution in [3.8, 4) is 12.3 Å². The summed E-state index contributed by atoms with van der Waals surface area (Å²) in [6.45, 7) is 5.60. The van der Waals surface area contributed by atoms with Gasteiger partial charge in [-0.1, -0.05) is 36.3 Å². The molecule has 3 nitrogen and oxygen atoms in total. The summed E-state index contributed by atoms with van der Waals surface area (Å²) in [5.74, 6) is 2.24. The molecule has 2 N–H and O–H groups in total. The Morgan fingerprint density at radius 1 is 0.971 bits per heavy atom. The van der Waals surface area contributed by atoms with Crippen molar-refractivity contribution >= 4 is 37.2 Å². The minimum absolute atomic E-state index is 0. The number of terminal acetylenes is 1. The lowest BCUT2D eigenvalue weighted by atomic mass is 9.97. The van der Waals surface area contributed by atoms with Crippen LogP contribution in [0.5, 0.6) is 0 Å². The molecule has 1 saturated carbocycles. The van der Waals surface area contributed by atoms with Crippen molar-refractivity contribution in [3.05, 3.63) is 70.8 Å². The first-order valence-electron chi connectivity index (χ1n) is 11.2. The average Bonchev–Trinajstić information content (AvgIpc) is 3.56. The van der Waals surface area contributed by atoms with E-state index in [2.05, 4.69) is 45.7 Å². The monoisotopic (exact) mass is 531 g/mol. The maximum Gasteiger partial charge on any atom is 0.159 e. The largest absolute Gasteiger partial charge is 0.317 e. The van der Waals surface area contributed by atoms with Gasteiger partial charge in [0.15, 0.2) is 11.6 Å². The van der Waals surface area contributed by atoms with Gasteiger partial charge in [-0.2, -0.15) is 0 Å². The molecule has 1 aliphatic heterocycles. The molecular formula is C26H34Cl3F2N3. The molecule has 0 bridgehead atoms. The molecule has 8 heteroatoms. The number of hydrogen-bond donors (Lipinski definition) is 2. The summed E-state index contributed by atoms with van der Waals surface area (Å²) < 4.78 is 26.6. The van der Waals surface area contributed by atoms with Crippen LogP contribution in [0.25, 0.3) is 0 Å². The highest BCUT2D eigenvalue weighted by molar-refractivity contribution is 5.86. The molecule has 2 aromatic carbocycles. The van der Waals surface area contributed by atoms with Gasteiger partial charge in [0.05, 0.1) is 6.54 Å². The zero-order valence-electron chi connectivity index (χ0n) is 19.1. The van der Waals surface area contributed by atoms with Crippen LogP contribution in [0.3, 0.4) is 0 Å². The van der Waals surface area contributed by atoms with Crippen molar-refractivity contribution in [2.45, 2.75) is 44.3 Å². The molecule has 0 unspecified atom stereocenters. The van der Waals surface area contributed by atoms with Gasteiger partial charge in [-0.3, -0.25) is 4.90 Å². The average molecular weight is 533 g/mol. The Balaban J connectivity index is 0.00000193. The molecule has 1 heterocycles. The number of halogens is 5. The fourth-order valence-corrected chi connectivity index (χ4v) is 4.55. The minimum atomic E-state index is -0.787. The SMILES string of the molecule is C#CCN(Cc1ccc(CN[C@@H]2C[C@H]2c2ccc(F)c(F)c2)cc1)CC1CCNCC1.Cl.Cl.Cl. The summed E-state index contributed by atoms with van der Waals surface area (Å²) in [7, 11) is 0. The maximum atomic E-state index is 13.4. The summed E-state index contributed by atoms with van der Waals surface area (Å²) in [5.41, 5.74) is 3.37. The Labute approximate surface area is 220 Å². The van der Waals surface area contributed by atoms with Gasteiger partial charge in [-0.15, -0.1) is 43.6 Å². The first-order valence-corrected chi connectivity index (χ1v) is 11.2. The highest BCUT2D eigenvalue weighted by Crippen LogP contribution is 2.41. The van der Waals surface area contributed by atoms with Crippen molar-refractivity contribution < 1.29 is 8.78 Å². The van der Waals surface area contributed by atoms with Crippen LogP contribution in [0, 0.1) is 29.9 Å². The summed E-state index contributed by atoms with van der Waals surface area (Å²) in [4.78, 5) is 2.37. The van der Waals surface area contributed by atoms with Gasteiger partial charge in [0.1, 0.15) is 0 Å². The van der Waals surface area contributed by atoms with E-state index in [9.17, 15) is 8.78 Å². The standard InChI is InChI=1S/C26H31F2N3.3ClH/c1-2-13-31(18-21-9-11-29-12-10-21)17-20-5-3-19(4-6-20)16-30-26-15-23(26)22-7-8-24(27)25(28)14-22;;;/h1,3-8,14,21,23,26,29-30H,9-13,15-18H2;3*1H/t23-,26+;;;/m0.../s1. The minimum Gasteiger partial charge on any atom is -0.317 e. The lowest BCUT2D eigenvalue weighted by molar-refractivity contribution is 0.218. The van der Waals surface area contributed by atoms with E-state index >= 15 is 0 Å². The molecule has 188 valence electrons.